The molecule has 0 aromatic heterocycles. The summed E-state index contributed by atoms with van der Waals surface area (Å²) in [6.07, 6.45) is 6.56. The van der Waals surface area contributed by atoms with Gasteiger partial charge in [-0.15, -0.1) is 0 Å². The fourth-order valence-corrected chi connectivity index (χ4v) is 4.87. The predicted molar refractivity (Wildman–Crippen MR) is 99.0 cm³/mol. The molecule has 0 spiro atoms. The van der Waals surface area contributed by atoms with Crippen LogP contribution in [0.25, 0.3) is 0 Å². The first-order valence-electron chi connectivity index (χ1n) is 8.65. The maximum Gasteiger partial charge on any atom is 0.254 e. The van der Waals surface area contributed by atoms with E-state index < -0.39 is 0 Å². The molecule has 6 nitrogen and oxygen atoms in total. The van der Waals surface area contributed by atoms with Crippen molar-refractivity contribution >= 4 is 34.0 Å². The van der Waals surface area contributed by atoms with Crippen molar-refractivity contribution in [2.24, 2.45) is 28.8 Å². The maximum atomic E-state index is 12.6. The molecule has 2 fully saturated rings. The highest BCUT2D eigenvalue weighted by atomic mass is 79.9. The summed E-state index contributed by atoms with van der Waals surface area (Å²) in [5.74, 6) is 0.671. The fourth-order valence-electron chi connectivity index (χ4n) is 4.25. The van der Waals surface area contributed by atoms with E-state index in [1.807, 2.05) is 13.0 Å². The molecule has 1 saturated heterocycles. The molecule has 26 heavy (non-hydrogen) atoms. The second-order valence-electron chi connectivity index (χ2n) is 6.70. The Morgan fingerprint density at radius 1 is 1.23 bits per heavy atom. The molecular formula is C19H19BrN2O4. The lowest BCUT2D eigenvalue weighted by Crippen LogP contribution is -2.28. The number of amides is 2. The zero-order valence-corrected chi connectivity index (χ0v) is 16.1. The van der Waals surface area contributed by atoms with Crippen LogP contribution in [0.3, 0.4) is 0 Å². The van der Waals surface area contributed by atoms with Crippen LogP contribution in [0, 0.1) is 23.7 Å². The van der Waals surface area contributed by atoms with Gasteiger partial charge in [-0.25, -0.2) is 0 Å². The van der Waals surface area contributed by atoms with Crippen LogP contribution >= 0.6 is 15.9 Å². The van der Waals surface area contributed by atoms with E-state index >= 15 is 0 Å². The Balaban J connectivity index is 1.59. The number of hydrogen-bond acceptors (Lipinski definition) is 5. The highest BCUT2D eigenvalue weighted by Gasteiger charge is 2.59. The summed E-state index contributed by atoms with van der Waals surface area (Å²) < 4.78 is 11.6. The summed E-state index contributed by atoms with van der Waals surface area (Å²) in [6, 6.07) is 3.58. The average molecular weight is 419 g/mol. The number of hydrogen-bond donors (Lipinski definition) is 0. The summed E-state index contributed by atoms with van der Waals surface area (Å²) in [7, 11) is 1.57. The molecule has 1 aromatic carbocycles. The van der Waals surface area contributed by atoms with Gasteiger partial charge in [0.25, 0.3) is 11.8 Å². The largest absolute Gasteiger partial charge is 0.492 e. The van der Waals surface area contributed by atoms with Gasteiger partial charge in [0.1, 0.15) is 0 Å². The average Bonchev–Trinajstić information content (AvgIpc) is 3.28. The van der Waals surface area contributed by atoms with Crippen molar-refractivity contribution < 1.29 is 19.1 Å². The molecule has 7 heteroatoms. The Morgan fingerprint density at radius 3 is 2.46 bits per heavy atom. The highest BCUT2D eigenvalue weighted by molar-refractivity contribution is 9.10. The summed E-state index contributed by atoms with van der Waals surface area (Å²) in [6.45, 7) is 2.38. The van der Waals surface area contributed by atoms with Gasteiger partial charge in [-0.1, -0.05) is 12.2 Å². The zero-order chi connectivity index (χ0) is 18.4. The van der Waals surface area contributed by atoms with Crippen LogP contribution in [0.4, 0.5) is 0 Å². The number of benzene rings is 1. The molecular weight excluding hydrogens is 400 g/mol. The van der Waals surface area contributed by atoms with E-state index in [-0.39, 0.29) is 35.5 Å². The highest BCUT2D eigenvalue weighted by Crippen LogP contribution is 2.52. The van der Waals surface area contributed by atoms with Crippen LogP contribution in [-0.4, -0.2) is 36.8 Å². The molecule has 0 unspecified atom stereocenters. The van der Waals surface area contributed by atoms with Crippen LogP contribution in [0.5, 0.6) is 11.5 Å². The summed E-state index contributed by atoms with van der Waals surface area (Å²) in [4.78, 5) is 25.3. The van der Waals surface area contributed by atoms with Gasteiger partial charge in [-0.3, -0.25) is 9.59 Å². The molecule has 1 aliphatic heterocycles. The van der Waals surface area contributed by atoms with Crippen LogP contribution in [0.15, 0.2) is 33.9 Å². The SMILES string of the molecule is CCOc1cc(/C=N\N2C(=O)[C@@H]3[C@H](C2=O)[C@H]2C=C[C@H]3C2)cc(Br)c1OC. The third-order valence-electron chi connectivity index (χ3n) is 5.31. The van der Waals surface area contributed by atoms with Gasteiger partial charge in [0.2, 0.25) is 0 Å². The number of carbonyl (C=O) groups excluding carboxylic acids is 2. The minimum Gasteiger partial charge on any atom is -0.492 e. The van der Waals surface area contributed by atoms with Gasteiger partial charge in [0, 0.05) is 0 Å². The summed E-state index contributed by atoms with van der Waals surface area (Å²) in [5.41, 5.74) is 0.708. The van der Waals surface area contributed by atoms with Crippen molar-refractivity contribution in [3.63, 3.8) is 0 Å². The molecule has 2 aliphatic carbocycles. The lowest BCUT2D eigenvalue weighted by atomic mass is 9.85. The van der Waals surface area contributed by atoms with Crippen molar-refractivity contribution in [2.45, 2.75) is 13.3 Å². The molecule has 0 radical (unpaired) electrons. The fraction of sp³-hybridized carbons (Fsp3) is 0.421. The van der Waals surface area contributed by atoms with E-state index in [4.69, 9.17) is 9.47 Å². The van der Waals surface area contributed by atoms with Crippen molar-refractivity contribution in [1.82, 2.24) is 5.01 Å². The number of imide groups is 1. The summed E-state index contributed by atoms with van der Waals surface area (Å²) >= 11 is 3.45. The minimum atomic E-state index is -0.240. The number of allylic oxidation sites excluding steroid dienone is 2. The second-order valence-corrected chi connectivity index (χ2v) is 7.55. The Labute approximate surface area is 160 Å². The Kier molecular flexibility index (Phi) is 4.34. The van der Waals surface area contributed by atoms with Crippen LogP contribution in [0.1, 0.15) is 18.9 Å². The van der Waals surface area contributed by atoms with Crippen molar-refractivity contribution in [2.75, 3.05) is 13.7 Å². The van der Waals surface area contributed by atoms with Crippen LogP contribution < -0.4 is 9.47 Å². The first-order valence-corrected chi connectivity index (χ1v) is 9.45. The lowest BCUT2D eigenvalue weighted by Gasteiger charge is -2.13. The van der Waals surface area contributed by atoms with E-state index in [1.54, 1.807) is 13.2 Å². The van der Waals surface area contributed by atoms with E-state index in [9.17, 15) is 9.59 Å². The standard InChI is InChI=1S/C19H19BrN2O4/c1-3-26-14-7-10(6-13(20)17(14)25-2)9-21-22-18(23)15-11-4-5-12(8-11)16(15)19(22)24/h4-7,9,11-12,15-16H,3,8H2,1-2H3/b21-9-/t11-,12-,15-,16+/m0/s1. The van der Waals surface area contributed by atoms with Crippen molar-refractivity contribution in [3.8, 4) is 11.5 Å². The van der Waals surface area contributed by atoms with E-state index in [1.165, 1.54) is 6.21 Å². The lowest BCUT2D eigenvalue weighted by molar-refractivity contribution is -0.140. The minimum absolute atomic E-state index is 0.182. The Hall–Kier alpha value is -2.15. The number of fused-ring (bicyclic) bond motifs is 5. The van der Waals surface area contributed by atoms with Gasteiger partial charge in [0.05, 0.1) is 36.2 Å². The molecule has 1 aromatic rings. The first-order chi connectivity index (χ1) is 12.5. The topological polar surface area (TPSA) is 68.2 Å². The van der Waals surface area contributed by atoms with Crippen LogP contribution in [0.2, 0.25) is 0 Å². The number of ether oxygens (including phenoxy) is 2. The normalized spacial score (nSPS) is 29.1. The van der Waals surface area contributed by atoms with E-state index in [0.29, 0.717) is 28.1 Å². The number of halogens is 1. The maximum absolute atomic E-state index is 12.6. The molecule has 3 aliphatic rings. The number of rotatable bonds is 5. The molecule has 2 amide bonds. The summed E-state index contributed by atoms with van der Waals surface area (Å²) in [5, 5.41) is 5.24. The molecule has 4 atom stereocenters. The van der Waals surface area contributed by atoms with Crippen LogP contribution in [-0.2, 0) is 9.59 Å². The molecule has 0 N–H and O–H groups in total. The molecule has 4 rings (SSSR count). The number of carbonyl (C=O) groups is 2. The van der Waals surface area contributed by atoms with E-state index in [0.717, 1.165) is 11.4 Å². The molecule has 136 valence electrons. The number of hydrazone groups is 1. The molecule has 1 heterocycles. The third-order valence-corrected chi connectivity index (χ3v) is 5.89. The first kappa shape index (κ1) is 17.3. The smallest absolute Gasteiger partial charge is 0.254 e. The van der Waals surface area contributed by atoms with Gasteiger partial charge in [-0.2, -0.15) is 10.1 Å². The van der Waals surface area contributed by atoms with E-state index in [2.05, 4.69) is 33.2 Å². The third kappa shape index (κ3) is 2.57. The van der Waals surface area contributed by atoms with Crippen molar-refractivity contribution in [1.29, 1.82) is 0 Å². The van der Waals surface area contributed by atoms with Gasteiger partial charge in [-0.05, 0) is 58.8 Å². The quantitative estimate of drug-likeness (QED) is 0.418. The second kappa shape index (κ2) is 6.54. The number of methoxy groups -OCH3 is 1. The predicted octanol–water partition coefficient (Wildman–Crippen LogP) is 3.00. The number of nitrogens with zero attached hydrogens (tertiary/aromatic N) is 2. The van der Waals surface area contributed by atoms with Gasteiger partial charge in [0.15, 0.2) is 11.5 Å². The monoisotopic (exact) mass is 418 g/mol. The molecule has 2 bridgehead atoms. The van der Waals surface area contributed by atoms with Gasteiger partial charge < -0.3 is 9.47 Å². The zero-order valence-electron chi connectivity index (χ0n) is 14.5. The van der Waals surface area contributed by atoms with Crippen molar-refractivity contribution in [3.05, 3.63) is 34.3 Å². The Bertz CT molecular complexity index is 805. The Morgan fingerprint density at radius 2 is 1.88 bits per heavy atom. The van der Waals surface area contributed by atoms with Gasteiger partial charge >= 0.3 is 0 Å². The molecule has 1 saturated carbocycles.